The number of anilines is 1. The van der Waals surface area contributed by atoms with Crippen molar-refractivity contribution in [1.29, 1.82) is 0 Å². The summed E-state index contributed by atoms with van der Waals surface area (Å²) in [6, 6.07) is 20.5. The standard InChI is InChI=1S/C27H26N4O2/c1-4-25-28-15-13-24(31-25)23-12-7-14-29-27(23)33-22-11-6-9-20(17-22)26(32)30-21-10-5-8-19(16-21)18(2)3/h5-18H,4H2,1-3H3,(H,30,32). The number of hydrogen-bond donors (Lipinski definition) is 1. The fourth-order valence-electron chi connectivity index (χ4n) is 3.38. The maximum Gasteiger partial charge on any atom is 0.255 e. The van der Waals surface area contributed by atoms with Gasteiger partial charge in [-0.3, -0.25) is 4.79 Å². The third-order valence-electron chi connectivity index (χ3n) is 5.19. The van der Waals surface area contributed by atoms with Crippen molar-refractivity contribution in [2.75, 3.05) is 5.32 Å². The van der Waals surface area contributed by atoms with Crippen molar-refractivity contribution in [1.82, 2.24) is 15.0 Å². The summed E-state index contributed by atoms with van der Waals surface area (Å²) >= 11 is 0. The lowest BCUT2D eigenvalue weighted by molar-refractivity contribution is 0.102. The van der Waals surface area contributed by atoms with Crippen LogP contribution in [0.5, 0.6) is 11.6 Å². The molecule has 0 unspecified atom stereocenters. The SMILES string of the molecule is CCc1nccc(-c2cccnc2Oc2cccc(C(=O)Nc3cccc(C(C)C)c3)c2)n1. The number of pyridine rings is 1. The van der Waals surface area contributed by atoms with Crippen LogP contribution in [0, 0.1) is 0 Å². The highest BCUT2D eigenvalue weighted by atomic mass is 16.5. The van der Waals surface area contributed by atoms with E-state index in [1.165, 1.54) is 5.56 Å². The van der Waals surface area contributed by atoms with Gasteiger partial charge in [0.2, 0.25) is 5.88 Å². The summed E-state index contributed by atoms with van der Waals surface area (Å²) in [5.41, 5.74) is 3.93. The van der Waals surface area contributed by atoms with E-state index in [4.69, 9.17) is 4.74 Å². The van der Waals surface area contributed by atoms with E-state index in [2.05, 4.69) is 40.2 Å². The van der Waals surface area contributed by atoms with E-state index < -0.39 is 0 Å². The van der Waals surface area contributed by atoms with E-state index in [0.29, 0.717) is 23.1 Å². The highest BCUT2D eigenvalue weighted by Gasteiger charge is 2.13. The Morgan fingerprint density at radius 3 is 2.64 bits per heavy atom. The molecule has 2 aromatic heterocycles. The van der Waals surface area contributed by atoms with Crippen molar-refractivity contribution in [3.05, 3.63) is 96.1 Å². The molecule has 0 saturated carbocycles. The molecule has 0 aliphatic carbocycles. The predicted molar refractivity (Wildman–Crippen MR) is 130 cm³/mol. The molecule has 33 heavy (non-hydrogen) atoms. The van der Waals surface area contributed by atoms with Crippen molar-refractivity contribution in [3.8, 4) is 22.9 Å². The number of nitrogens with one attached hydrogen (secondary N) is 1. The summed E-state index contributed by atoms with van der Waals surface area (Å²) in [4.78, 5) is 26.1. The predicted octanol–water partition coefficient (Wildman–Crippen LogP) is 6.27. The Morgan fingerprint density at radius 2 is 1.82 bits per heavy atom. The molecule has 0 radical (unpaired) electrons. The van der Waals surface area contributed by atoms with E-state index in [0.717, 1.165) is 29.2 Å². The van der Waals surface area contributed by atoms with Gasteiger partial charge < -0.3 is 10.1 Å². The first-order valence-corrected chi connectivity index (χ1v) is 11.0. The summed E-state index contributed by atoms with van der Waals surface area (Å²) in [5, 5.41) is 2.97. The second-order valence-electron chi connectivity index (χ2n) is 7.93. The van der Waals surface area contributed by atoms with Crippen LogP contribution in [0.15, 0.2) is 79.1 Å². The van der Waals surface area contributed by atoms with Crippen LogP contribution in [0.4, 0.5) is 5.69 Å². The highest BCUT2D eigenvalue weighted by molar-refractivity contribution is 6.04. The van der Waals surface area contributed by atoms with Gasteiger partial charge in [0.25, 0.3) is 5.91 Å². The molecule has 0 saturated heterocycles. The lowest BCUT2D eigenvalue weighted by Crippen LogP contribution is -2.12. The van der Waals surface area contributed by atoms with E-state index in [9.17, 15) is 4.79 Å². The quantitative estimate of drug-likeness (QED) is 0.368. The zero-order valence-corrected chi connectivity index (χ0v) is 18.9. The Bertz CT molecular complexity index is 1270. The van der Waals surface area contributed by atoms with Gasteiger partial charge in [0, 0.05) is 30.1 Å². The number of nitrogens with zero attached hydrogens (tertiary/aromatic N) is 3. The molecular weight excluding hydrogens is 412 g/mol. The van der Waals surface area contributed by atoms with Crippen LogP contribution in [-0.2, 0) is 6.42 Å². The van der Waals surface area contributed by atoms with Crippen molar-refractivity contribution < 1.29 is 9.53 Å². The first kappa shape index (κ1) is 22.1. The van der Waals surface area contributed by atoms with Crippen molar-refractivity contribution >= 4 is 11.6 Å². The van der Waals surface area contributed by atoms with Crippen LogP contribution in [0.2, 0.25) is 0 Å². The largest absolute Gasteiger partial charge is 0.438 e. The normalized spacial score (nSPS) is 10.8. The molecule has 0 spiro atoms. The number of carbonyl (C=O) groups is 1. The zero-order chi connectivity index (χ0) is 23.2. The average molecular weight is 439 g/mol. The molecular formula is C27H26N4O2. The van der Waals surface area contributed by atoms with Crippen molar-refractivity contribution in [3.63, 3.8) is 0 Å². The van der Waals surface area contributed by atoms with Crippen LogP contribution in [0.25, 0.3) is 11.3 Å². The van der Waals surface area contributed by atoms with Crippen LogP contribution in [0.1, 0.15) is 48.4 Å². The van der Waals surface area contributed by atoms with E-state index in [1.54, 1.807) is 36.7 Å². The minimum Gasteiger partial charge on any atom is -0.438 e. The zero-order valence-electron chi connectivity index (χ0n) is 18.9. The Labute approximate surface area is 193 Å². The van der Waals surface area contributed by atoms with Gasteiger partial charge in [-0.25, -0.2) is 15.0 Å². The van der Waals surface area contributed by atoms with E-state index in [1.807, 2.05) is 43.3 Å². The number of aryl methyl sites for hydroxylation is 1. The van der Waals surface area contributed by atoms with Crippen molar-refractivity contribution in [2.24, 2.45) is 0 Å². The fraction of sp³-hybridized carbons (Fsp3) is 0.185. The van der Waals surface area contributed by atoms with Crippen LogP contribution < -0.4 is 10.1 Å². The number of hydrogen-bond acceptors (Lipinski definition) is 5. The first-order valence-electron chi connectivity index (χ1n) is 11.0. The maximum absolute atomic E-state index is 12.9. The van der Waals surface area contributed by atoms with Gasteiger partial charge >= 0.3 is 0 Å². The third kappa shape index (κ3) is 5.41. The van der Waals surface area contributed by atoms with Gasteiger partial charge in [0.1, 0.15) is 11.6 Å². The maximum atomic E-state index is 12.9. The summed E-state index contributed by atoms with van der Waals surface area (Å²) in [5.74, 6) is 1.87. The molecule has 2 heterocycles. The molecule has 0 aliphatic rings. The molecule has 2 aromatic carbocycles. The van der Waals surface area contributed by atoms with Crippen LogP contribution in [0.3, 0.4) is 0 Å². The molecule has 6 heteroatoms. The second kappa shape index (κ2) is 10.0. The lowest BCUT2D eigenvalue weighted by atomic mass is 10.0. The smallest absolute Gasteiger partial charge is 0.255 e. The number of rotatable bonds is 7. The minimum atomic E-state index is -0.203. The topological polar surface area (TPSA) is 77.0 Å². The first-order chi connectivity index (χ1) is 16.0. The number of ether oxygens (including phenoxy) is 1. The van der Waals surface area contributed by atoms with Crippen LogP contribution in [-0.4, -0.2) is 20.9 Å². The summed E-state index contributed by atoms with van der Waals surface area (Å²) < 4.78 is 6.08. The van der Waals surface area contributed by atoms with Gasteiger partial charge in [-0.05, 0) is 60.0 Å². The number of aromatic nitrogens is 3. The molecule has 166 valence electrons. The highest BCUT2D eigenvalue weighted by Crippen LogP contribution is 2.30. The third-order valence-corrected chi connectivity index (χ3v) is 5.19. The van der Waals surface area contributed by atoms with Crippen molar-refractivity contribution in [2.45, 2.75) is 33.1 Å². The van der Waals surface area contributed by atoms with Crippen LogP contribution >= 0.6 is 0 Å². The molecule has 1 amide bonds. The summed E-state index contributed by atoms with van der Waals surface area (Å²) in [6.07, 6.45) is 4.14. The van der Waals surface area contributed by atoms with Gasteiger partial charge in [0.05, 0.1) is 11.3 Å². The van der Waals surface area contributed by atoms with Gasteiger partial charge in [-0.1, -0.05) is 39.0 Å². The molecule has 0 atom stereocenters. The Hall–Kier alpha value is -4.06. The van der Waals surface area contributed by atoms with Gasteiger partial charge in [-0.2, -0.15) is 0 Å². The number of carbonyl (C=O) groups excluding carboxylic acids is 1. The summed E-state index contributed by atoms with van der Waals surface area (Å²) in [6.45, 7) is 6.26. The molecule has 0 aliphatic heterocycles. The molecule has 1 N–H and O–H groups in total. The molecule has 4 aromatic rings. The number of amides is 1. The lowest BCUT2D eigenvalue weighted by Gasteiger charge is -2.12. The molecule has 0 fully saturated rings. The molecule has 0 bridgehead atoms. The Balaban J connectivity index is 1.56. The van der Waals surface area contributed by atoms with Gasteiger partial charge in [0.15, 0.2) is 0 Å². The fourth-order valence-corrected chi connectivity index (χ4v) is 3.38. The van der Waals surface area contributed by atoms with Gasteiger partial charge in [-0.15, -0.1) is 0 Å². The molecule has 6 nitrogen and oxygen atoms in total. The number of benzene rings is 2. The Kier molecular flexibility index (Phi) is 6.74. The summed E-state index contributed by atoms with van der Waals surface area (Å²) in [7, 11) is 0. The van der Waals surface area contributed by atoms with E-state index >= 15 is 0 Å². The second-order valence-corrected chi connectivity index (χ2v) is 7.93. The minimum absolute atomic E-state index is 0.203. The average Bonchev–Trinajstić information content (AvgIpc) is 2.84. The Morgan fingerprint density at radius 1 is 0.970 bits per heavy atom. The molecule has 4 rings (SSSR count). The van der Waals surface area contributed by atoms with E-state index in [-0.39, 0.29) is 5.91 Å². The monoisotopic (exact) mass is 438 g/mol.